The number of rotatable bonds is 7. The molecule has 3 heterocycles. The molecule has 4 rings (SSSR count). The van der Waals surface area contributed by atoms with Crippen molar-refractivity contribution in [1.82, 2.24) is 9.97 Å². The van der Waals surface area contributed by atoms with Crippen LogP contribution in [0.2, 0.25) is 0 Å². The summed E-state index contributed by atoms with van der Waals surface area (Å²) in [6.07, 6.45) is 2.67. The second kappa shape index (κ2) is 9.53. The molecule has 0 aliphatic carbocycles. The lowest BCUT2D eigenvalue weighted by Crippen LogP contribution is -2.39. The molecule has 2 aliphatic rings. The molecule has 0 saturated carbocycles. The maximum atomic E-state index is 12.5. The second-order valence-electron chi connectivity index (χ2n) is 8.74. The van der Waals surface area contributed by atoms with E-state index < -0.39 is 10.8 Å². The van der Waals surface area contributed by atoms with Crippen molar-refractivity contribution in [2.75, 3.05) is 35.7 Å². The molecule has 0 amide bonds. The standard InChI is InChI=1S/C23H32N4O3S/c1-15(2)20(14-28)24-22-21-19(10-13-31(21)29)25-23(26-22)27-11-8-18(9-12-27)30-17-6-4-16(3)5-7-17/h4-7,15,18,20,28H,8-14H2,1-3H3,(H,24,25,26)/t20-,31?/m0/s1. The smallest absolute Gasteiger partial charge is 0.227 e. The summed E-state index contributed by atoms with van der Waals surface area (Å²) in [7, 11) is -1.09. The molecule has 2 N–H and O–H groups in total. The predicted molar refractivity (Wildman–Crippen MR) is 123 cm³/mol. The zero-order valence-corrected chi connectivity index (χ0v) is 19.3. The van der Waals surface area contributed by atoms with E-state index in [1.165, 1.54) is 5.56 Å². The van der Waals surface area contributed by atoms with E-state index in [0.29, 0.717) is 28.8 Å². The quantitative estimate of drug-likeness (QED) is 0.679. The minimum absolute atomic E-state index is 0.000154. The second-order valence-corrected chi connectivity index (χ2v) is 10.2. The van der Waals surface area contributed by atoms with Crippen molar-refractivity contribution in [2.45, 2.75) is 57.1 Å². The Morgan fingerprint density at radius 3 is 2.58 bits per heavy atom. The first kappa shape index (κ1) is 22.0. The number of nitrogens with zero attached hydrogens (tertiary/aromatic N) is 3. The van der Waals surface area contributed by atoms with E-state index in [1.807, 2.05) is 26.0 Å². The number of aliphatic hydroxyl groups excluding tert-OH is 1. The summed E-state index contributed by atoms with van der Waals surface area (Å²) < 4.78 is 18.7. The van der Waals surface area contributed by atoms with E-state index in [0.717, 1.165) is 37.4 Å². The van der Waals surface area contributed by atoms with Crippen LogP contribution in [0.5, 0.6) is 5.75 Å². The maximum absolute atomic E-state index is 12.5. The molecule has 168 valence electrons. The average molecular weight is 445 g/mol. The van der Waals surface area contributed by atoms with Crippen molar-refractivity contribution >= 4 is 22.6 Å². The summed E-state index contributed by atoms with van der Waals surface area (Å²) in [5, 5.41) is 13.1. The van der Waals surface area contributed by atoms with E-state index in [4.69, 9.17) is 14.7 Å². The number of aromatic nitrogens is 2. The third-order valence-corrected chi connectivity index (χ3v) is 7.51. The van der Waals surface area contributed by atoms with Crippen LogP contribution in [-0.2, 0) is 17.2 Å². The number of piperidine rings is 1. The number of aryl methyl sites for hydroxylation is 2. The van der Waals surface area contributed by atoms with E-state index in [2.05, 4.69) is 29.3 Å². The Bertz CT molecular complexity index is 927. The minimum atomic E-state index is -1.09. The van der Waals surface area contributed by atoms with Crippen molar-refractivity contribution in [3.63, 3.8) is 0 Å². The summed E-state index contributed by atoms with van der Waals surface area (Å²) in [6, 6.07) is 8.04. The van der Waals surface area contributed by atoms with Gasteiger partial charge in [-0.1, -0.05) is 31.5 Å². The highest BCUT2D eigenvalue weighted by Gasteiger charge is 2.30. The van der Waals surface area contributed by atoms with Gasteiger partial charge in [0.25, 0.3) is 0 Å². The van der Waals surface area contributed by atoms with Gasteiger partial charge >= 0.3 is 0 Å². The van der Waals surface area contributed by atoms with Crippen LogP contribution in [0.3, 0.4) is 0 Å². The number of anilines is 2. The average Bonchev–Trinajstić information content (AvgIpc) is 3.14. The number of fused-ring (bicyclic) bond motifs is 1. The van der Waals surface area contributed by atoms with Crippen LogP contribution in [0.1, 0.15) is 37.9 Å². The number of hydrogen-bond acceptors (Lipinski definition) is 7. The van der Waals surface area contributed by atoms with Crippen molar-refractivity contribution in [2.24, 2.45) is 5.92 Å². The zero-order chi connectivity index (χ0) is 22.0. The first-order valence-corrected chi connectivity index (χ1v) is 12.4. The Morgan fingerprint density at radius 1 is 1.23 bits per heavy atom. The Morgan fingerprint density at radius 2 is 1.94 bits per heavy atom. The van der Waals surface area contributed by atoms with Gasteiger partial charge in [0.1, 0.15) is 22.6 Å². The topological polar surface area (TPSA) is 87.6 Å². The third-order valence-electron chi connectivity index (χ3n) is 6.05. The summed E-state index contributed by atoms with van der Waals surface area (Å²) >= 11 is 0. The maximum Gasteiger partial charge on any atom is 0.227 e. The summed E-state index contributed by atoms with van der Waals surface area (Å²) in [5.74, 6) is 3.01. The normalized spacial score (nSPS) is 20.0. The predicted octanol–water partition coefficient (Wildman–Crippen LogP) is 2.93. The fraction of sp³-hybridized carbons (Fsp3) is 0.565. The highest BCUT2D eigenvalue weighted by molar-refractivity contribution is 7.85. The molecule has 7 nitrogen and oxygen atoms in total. The van der Waals surface area contributed by atoms with Gasteiger partial charge in [0.15, 0.2) is 0 Å². The van der Waals surface area contributed by atoms with Crippen LogP contribution in [-0.4, -0.2) is 56.9 Å². The highest BCUT2D eigenvalue weighted by Crippen LogP contribution is 2.32. The van der Waals surface area contributed by atoms with Gasteiger partial charge < -0.3 is 20.1 Å². The third kappa shape index (κ3) is 5.01. The van der Waals surface area contributed by atoms with Crippen LogP contribution in [0.25, 0.3) is 0 Å². The van der Waals surface area contributed by atoms with E-state index in [1.54, 1.807) is 0 Å². The van der Waals surface area contributed by atoms with Crippen LogP contribution in [0, 0.1) is 12.8 Å². The molecule has 1 unspecified atom stereocenters. The lowest BCUT2D eigenvalue weighted by atomic mass is 10.1. The van der Waals surface area contributed by atoms with Gasteiger partial charge in [-0.15, -0.1) is 0 Å². The van der Waals surface area contributed by atoms with Gasteiger partial charge in [-0.2, -0.15) is 4.98 Å². The van der Waals surface area contributed by atoms with Crippen LogP contribution in [0.4, 0.5) is 11.8 Å². The lowest BCUT2D eigenvalue weighted by molar-refractivity contribution is 0.170. The molecule has 31 heavy (non-hydrogen) atoms. The summed E-state index contributed by atoms with van der Waals surface area (Å²) in [6.45, 7) is 7.79. The van der Waals surface area contributed by atoms with Gasteiger partial charge in [-0.25, -0.2) is 4.98 Å². The summed E-state index contributed by atoms with van der Waals surface area (Å²) in [5.41, 5.74) is 2.09. The number of nitrogens with one attached hydrogen (secondary N) is 1. The van der Waals surface area contributed by atoms with Crippen molar-refractivity contribution in [3.05, 3.63) is 35.5 Å². The van der Waals surface area contributed by atoms with Crippen molar-refractivity contribution in [3.8, 4) is 5.75 Å². The molecular weight excluding hydrogens is 412 g/mol. The van der Waals surface area contributed by atoms with E-state index in [-0.39, 0.29) is 24.7 Å². The largest absolute Gasteiger partial charge is 0.490 e. The Kier molecular flexibility index (Phi) is 6.77. The molecule has 1 aromatic carbocycles. The lowest BCUT2D eigenvalue weighted by Gasteiger charge is -2.33. The molecule has 2 atom stereocenters. The van der Waals surface area contributed by atoms with Gasteiger partial charge in [0, 0.05) is 38.1 Å². The molecule has 1 fully saturated rings. The van der Waals surface area contributed by atoms with Crippen molar-refractivity contribution in [1.29, 1.82) is 0 Å². The Labute approximate surface area is 186 Å². The first-order chi connectivity index (χ1) is 14.9. The molecular formula is C23H32N4O3S. The summed E-state index contributed by atoms with van der Waals surface area (Å²) in [4.78, 5) is 12.4. The highest BCUT2D eigenvalue weighted by atomic mass is 32.2. The molecule has 2 aromatic rings. The van der Waals surface area contributed by atoms with Gasteiger partial charge in [0.2, 0.25) is 5.95 Å². The van der Waals surface area contributed by atoms with Crippen LogP contribution in [0.15, 0.2) is 29.2 Å². The molecule has 1 aromatic heterocycles. The van der Waals surface area contributed by atoms with Crippen LogP contribution < -0.4 is 15.0 Å². The number of aliphatic hydroxyl groups is 1. The fourth-order valence-electron chi connectivity index (χ4n) is 4.00. The van der Waals surface area contributed by atoms with Gasteiger partial charge in [0.05, 0.1) is 29.1 Å². The van der Waals surface area contributed by atoms with E-state index >= 15 is 0 Å². The van der Waals surface area contributed by atoms with E-state index in [9.17, 15) is 9.32 Å². The Hall–Kier alpha value is -2.19. The SMILES string of the molecule is Cc1ccc(OC2CCN(c3nc4c(c(N[C@@H](CO)C(C)C)n3)S(=O)CC4)CC2)cc1. The molecule has 0 bridgehead atoms. The monoisotopic (exact) mass is 444 g/mol. The van der Waals surface area contributed by atoms with Crippen LogP contribution >= 0.6 is 0 Å². The zero-order valence-electron chi connectivity index (χ0n) is 18.5. The molecule has 2 aliphatic heterocycles. The molecule has 0 spiro atoms. The van der Waals surface area contributed by atoms with Crippen molar-refractivity contribution < 1.29 is 14.1 Å². The van der Waals surface area contributed by atoms with Gasteiger partial charge in [-0.05, 0) is 25.0 Å². The number of ether oxygens (including phenoxy) is 1. The fourth-order valence-corrected chi connectivity index (χ4v) is 5.32. The molecule has 0 radical (unpaired) electrons. The Balaban J connectivity index is 1.48. The number of hydrogen-bond donors (Lipinski definition) is 2. The number of benzene rings is 1. The first-order valence-electron chi connectivity index (χ1n) is 11.1. The minimum Gasteiger partial charge on any atom is -0.490 e. The molecule has 8 heteroatoms. The molecule has 1 saturated heterocycles. The van der Waals surface area contributed by atoms with Gasteiger partial charge in [-0.3, -0.25) is 4.21 Å².